The summed E-state index contributed by atoms with van der Waals surface area (Å²) in [5.41, 5.74) is 0.853. The van der Waals surface area contributed by atoms with Gasteiger partial charge in [-0.25, -0.2) is 9.59 Å². The normalized spacial score (nSPS) is 16.9. The number of methoxy groups -OCH3 is 1. The molecule has 0 spiro atoms. The minimum atomic E-state index is -0.927. The van der Waals surface area contributed by atoms with E-state index in [0.29, 0.717) is 19.4 Å². The lowest BCUT2D eigenvalue weighted by Crippen LogP contribution is -2.51. The lowest BCUT2D eigenvalue weighted by molar-refractivity contribution is -0.145. The van der Waals surface area contributed by atoms with Gasteiger partial charge >= 0.3 is 12.1 Å². The average Bonchev–Trinajstić information content (AvgIpc) is 3.19. The maximum atomic E-state index is 12.7. The van der Waals surface area contributed by atoms with Crippen molar-refractivity contribution < 1.29 is 28.7 Å². The number of carbonyl (C=O) groups is 4. The number of hydrogen-bond donors (Lipinski definition) is 1. The lowest BCUT2D eigenvalue weighted by atomic mass is 10.1. The van der Waals surface area contributed by atoms with E-state index in [9.17, 15) is 19.2 Å². The minimum Gasteiger partial charge on any atom is -0.467 e. The molecule has 2 amide bonds. The minimum absolute atomic E-state index is 0.0878. The van der Waals surface area contributed by atoms with Crippen LogP contribution in [0.4, 0.5) is 4.79 Å². The van der Waals surface area contributed by atoms with Crippen LogP contribution in [0.5, 0.6) is 0 Å². The van der Waals surface area contributed by atoms with E-state index >= 15 is 0 Å². The number of Topliss-reactive ketones (excluding diaryl/α,β-unsaturated/α-hetero) is 1. The molecule has 0 unspecified atom stereocenters. The second-order valence-electron chi connectivity index (χ2n) is 6.72. The van der Waals surface area contributed by atoms with Gasteiger partial charge in [0.25, 0.3) is 0 Å². The number of ether oxygens (including phenoxy) is 2. The van der Waals surface area contributed by atoms with E-state index in [4.69, 9.17) is 9.47 Å². The molecule has 0 aliphatic carbocycles. The fourth-order valence-corrected chi connectivity index (χ4v) is 3.07. The van der Waals surface area contributed by atoms with Crippen molar-refractivity contribution in [1.29, 1.82) is 0 Å². The average molecular weight is 390 g/mol. The summed E-state index contributed by atoms with van der Waals surface area (Å²) in [6, 6.07) is 7.62. The second kappa shape index (κ2) is 10.4. The molecule has 1 aromatic rings. The summed E-state index contributed by atoms with van der Waals surface area (Å²) in [6.45, 7) is 1.94. The summed E-state index contributed by atoms with van der Waals surface area (Å²) >= 11 is 0. The Kier molecular flexibility index (Phi) is 7.98. The van der Waals surface area contributed by atoms with Gasteiger partial charge in [0.1, 0.15) is 24.5 Å². The SMILES string of the molecule is COC(=O)[C@@H](CCC(C)=O)NC(=O)[C@H]1CCCN1C(=O)OCc1ccccc1. The molecule has 8 nitrogen and oxygen atoms in total. The van der Waals surface area contributed by atoms with Crippen LogP contribution in [0.15, 0.2) is 30.3 Å². The topological polar surface area (TPSA) is 102 Å². The highest BCUT2D eigenvalue weighted by atomic mass is 16.6. The first kappa shape index (κ1) is 21.4. The molecule has 28 heavy (non-hydrogen) atoms. The van der Waals surface area contributed by atoms with Crippen molar-refractivity contribution in [3.05, 3.63) is 35.9 Å². The van der Waals surface area contributed by atoms with Crippen LogP contribution in [0.2, 0.25) is 0 Å². The molecule has 1 aliphatic heterocycles. The van der Waals surface area contributed by atoms with E-state index in [2.05, 4.69) is 5.32 Å². The summed E-state index contributed by atoms with van der Waals surface area (Å²) in [4.78, 5) is 49.5. The first-order chi connectivity index (χ1) is 13.4. The highest BCUT2D eigenvalue weighted by molar-refractivity contribution is 5.90. The van der Waals surface area contributed by atoms with Crippen molar-refractivity contribution in [2.45, 2.75) is 51.3 Å². The van der Waals surface area contributed by atoms with Crippen molar-refractivity contribution in [3.8, 4) is 0 Å². The third-order valence-corrected chi connectivity index (χ3v) is 4.58. The molecule has 1 N–H and O–H groups in total. The number of rotatable bonds is 8. The van der Waals surface area contributed by atoms with Crippen molar-refractivity contribution in [1.82, 2.24) is 10.2 Å². The molecule has 2 rings (SSSR count). The van der Waals surface area contributed by atoms with Crippen LogP contribution >= 0.6 is 0 Å². The van der Waals surface area contributed by atoms with Gasteiger partial charge in [-0.15, -0.1) is 0 Å². The highest BCUT2D eigenvalue weighted by Gasteiger charge is 2.36. The van der Waals surface area contributed by atoms with E-state index in [1.54, 1.807) is 0 Å². The number of esters is 1. The Bertz CT molecular complexity index is 706. The summed E-state index contributed by atoms with van der Waals surface area (Å²) in [5, 5.41) is 2.61. The fourth-order valence-electron chi connectivity index (χ4n) is 3.07. The van der Waals surface area contributed by atoms with Gasteiger partial charge in [-0.3, -0.25) is 9.69 Å². The van der Waals surface area contributed by atoms with Crippen LogP contribution in [-0.4, -0.2) is 54.4 Å². The molecule has 1 saturated heterocycles. The smallest absolute Gasteiger partial charge is 0.410 e. The molecule has 0 saturated carbocycles. The molecule has 8 heteroatoms. The monoisotopic (exact) mass is 390 g/mol. The van der Waals surface area contributed by atoms with Gasteiger partial charge in [0, 0.05) is 13.0 Å². The molecular weight excluding hydrogens is 364 g/mol. The number of nitrogens with one attached hydrogen (secondary N) is 1. The molecule has 1 fully saturated rings. The third kappa shape index (κ3) is 6.07. The van der Waals surface area contributed by atoms with Crippen molar-refractivity contribution in [2.24, 2.45) is 0 Å². The molecule has 0 radical (unpaired) electrons. The van der Waals surface area contributed by atoms with E-state index in [1.165, 1.54) is 18.9 Å². The number of ketones is 1. The van der Waals surface area contributed by atoms with Crippen LogP contribution < -0.4 is 5.32 Å². The Morgan fingerprint density at radius 3 is 2.57 bits per heavy atom. The Labute approximate surface area is 164 Å². The summed E-state index contributed by atoms with van der Waals surface area (Å²) in [6.07, 6.45) is 0.869. The third-order valence-electron chi connectivity index (χ3n) is 4.58. The number of hydrogen-bond acceptors (Lipinski definition) is 6. The zero-order valence-corrected chi connectivity index (χ0v) is 16.2. The number of carbonyl (C=O) groups excluding carboxylic acids is 4. The van der Waals surface area contributed by atoms with Crippen molar-refractivity contribution in [3.63, 3.8) is 0 Å². The highest BCUT2D eigenvalue weighted by Crippen LogP contribution is 2.19. The lowest BCUT2D eigenvalue weighted by Gasteiger charge is -2.25. The Hall–Kier alpha value is -2.90. The maximum Gasteiger partial charge on any atom is 0.410 e. The molecule has 1 heterocycles. The van der Waals surface area contributed by atoms with Gasteiger partial charge in [0.15, 0.2) is 0 Å². The maximum absolute atomic E-state index is 12.7. The zero-order valence-electron chi connectivity index (χ0n) is 16.2. The largest absolute Gasteiger partial charge is 0.467 e. The first-order valence-corrected chi connectivity index (χ1v) is 9.27. The summed E-state index contributed by atoms with van der Waals surface area (Å²) in [7, 11) is 1.22. The van der Waals surface area contributed by atoms with Gasteiger partial charge < -0.3 is 19.6 Å². The predicted molar refractivity (Wildman–Crippen MR) is 100 cm³/mol. The second-order valence-corrected chi connectivity index (χ2v) is 6.72. The van der Waals surface area contributed by atoms with Gasteiger partial charge in [-0.1, -0.05) is 30.3 Å². The number of nitrogens with zero attached hydrogens (tertiary/aromatic N) is 1. The molecule has 0 aromatic heterocycles. The Morgan fingerprint density at radius 1 is 1.21 bits per heavy atom. The van der Waals surface area contributed by atoms with Crippen LogP contribution in [0.3, 0.4) is 0 Å². The van der Waals surface area contributed by atoms with E-state index in [0.717, 1.165) is 5.56 Å². The van der Waals surface area contributed by atoms with Gasteiger partial charge in [0.2, 0.25) is 5.91 Å². The van der Waals surface area contributed by atoms with Crippen LogP contribution in [-0.2, 0) is 30.5 Å². The molecular formula is C20H26N2O6. The quantitative estimate of drug-likeness (QED) is 0.679. The van der Waals surface area contributed by atoms with E-state index < -0.39 is 30.1 Å². The molecule has 0 bridgehead atoms. The summed E-state index contributed by atoms with van der Waals surface area (Å²) in [5.74, 6) is -1.16. The van der Waals surface area contributed by atoms with Crippen LogP contribution in [0.25, 0.3) is 0 Å². The predicted octanol–water partition coefficient (Wildman–Crippen LogP) is 1.81. The Morgan fingerprint density at radius 2 is 1.93 bits per heavy atom. The Balaban J connectivity index is 1.95. The van der Waals surface area contributed by atoms with Gasteiger partial charge in [0.05, 0.1) is 7.11 Å². The first-order valence-electron chi connectivity index (χ1n) is 9.27. The van der Waals surface area contributed by atoms with E-state index in [1.807, 2.05) is 30.3 Å². The summed E-state index contributed by atoms with van der Waals surface area (Å²) < 4.78 is 10.0. The molecule has 152 valence electrons. The number of likely N-dealkylation sites (tertiary alicyclic amines) is 1. The van der Waals surface area contributed by atoms with Crippen LogP contribution in [0.1, 0.15) is 38.2 Å². The van der Waals surface area contributed by atoms with Crippen LogP contribution in [0, 0.1) is 0 Å². The number of amides is 2. The fraction of sp³-hybridized carbons (Fsp3) is 0.500. The van der Waals surface area contributed by atoms with Gasteiger partial charge in [-0.05, 0) is 31.7 Å². The molecule has 1 aliphatic rings. The van der Waals surface area contributed by atoms with Crippen molar-refractivity contribution >= 4 is 23.8 Å². The zero-order chi connectivity index (χ0) is 20.5. The molecule has 1 aromatic carbocycles. The van der Waals surface area contributed by atoms with Gasteiger partial charge in [-0.2, -0.15) is 0 Å². The van der Waals surface area contributed by atoms with E-state index in [-0.39, 0.29) is 25.2 Å². The standard InChI is InChI=1S/C20H26N2O6/c1-14(23)10-11-16(19(25)27-2)21-18(24)17-9-6-12-22(17)20(26)28-13-15-7-4-3-5-8-15/h3-5,7-8,16-17H,6,9-13H2,1-2H3,(H,21,24)/t16-,17-/m1/s1. The number of benzene rings is 1. The molecule has 2 atom stereocenters. The van der Waals surface area contributed by atoms with Crippen molar-refractivity contribution in [2.75, 3.05) is 13.7 Å².